The Balaban J connectivity index is 2.52. The van der Waals surface area contributed by atoms with Gasteiger partial charge in [-0.2, -0.15) is 0 Å². The number of carbonyl (C=O) groups is 2. The first-order valence-electron chi connectivity index (χ1n) is 6.08. The minimum atomic E-state index is -1.04. The molecule has 0 aliphatic carbocycles. The van der Waals surface area contributed by atoms with Gasteiger partial charge in [-0.3, -0.25) is 4.98 Å². The molecule has 0 saturated carbocycles. The van der Waals surface area contributed by atoms with E-state index in [0.29, 0.717) is 6.54 Å². The van der Waals surface area contributed by atoms with Crippen LogP contribution in [0.1, 0.15) is 25.0 Å². The highest BCUT2D eigenvalue weighted by Crippen LogP contribution is 2.04. The standard InChI is InChI=1S/C13H19N3O3/c1-8(2)11(12(17)18)16-13(19)15-7-10-6-14-5-4-9(10)3/h4-6,8,11H,7H2,1-3H3,(H,17,18)(H2,15,16,19)/t11-/m0/s1. The zero-order chi connectivity index (χ0) is 14.4. The Morgan fingerprint density at radius 1 is 1.42 bits per heavy atom. The monoisotopic (exact) mass is 265 g/mol. The molecule has 104 valence electrons. The zero-order valence-corrected chi connectivity index (χ0v) is 11.3. The molecule has 1 aromatic heterocycles. The summed E-state index contributed by atoms with van der Waals surface area (Å²) in [7, 11) is 0. The van der Waals surface area contributed by atoms with Gasteiger partial charge in [-0.25, -0.2) is 9.59 Å². The average molecular weight is 265 g/mol. The number of nitrogens with one attached hydrogen (secondary N) is 2. The molecule has 1 atom stereocenters. The van der Waals surface area contributed by atoms with E-state index in [1.165, 1.54) is 0 Å². The van der Waals surface area contributed by atoms with Crippen LogP contribution in [0.5, 0.6) is 0 Å². The second-order valence-electron chi connectivity index (χ2n) is 4.69. The average Bonchev–Trinajstić information content (AvgIpc) is 2.34. The first-order chi connectivity index (χ1) is 8.91. The molecule has 0 unspecified atom stereocenters. The Morgan fingerprint density at radius 3 is 2.63 bits per heavy atom. The maximum absolute atomic E-state index is 11.6. The third-order valence-corrected chi connectivity index (χ3v) is 2.81. The topological polar surface area (TPSA) is 91.3 Å². The minimum Gasteiger partial charge on any atom is -0.480 e. The van der Waals surface area contributed by atoms with Gasteiger partial charge in [0.05, 0.1) is 0 Å². The fourth-order valence-corrected chi connectivity index (χ4v) is 1.56. The number of aliphatic carboxylic acids is 1. The number of pyridine rings is 1. The molecule has 2 amide bonds. The van der Waals surface area contributed by atoms with Crippen LogP contribution in [0.2, 0.25) is 0 Å². The van der Waals surface area contributed by atoms with Gasteiger partial charge in [-0.05, 0) is 30.0 Å². The van der Waals surface area contributed by atoms with Gasteiger partial charge < -0.3 is 15.7 Å². The summed E-state index contributed by atoms with van der Waals surface area (Å²) in [5.41, 5.74) is 1.92. The summed E-state index contributed by atoms with van der Waals surface area (Å²) in [6.45, 7) is 5.72. The van der Waals surface area contributed by atoms with Crippen LogP contribution in [-0.2, 0) is 11.3 Å². The molecule has 0 aliphatic rings. The van der Waals surface area contributed by atoms with E-state index >= 15 is 0 Å². The van der Waals surface area contributed by atoms with Crippen LogP contribution in [0.25, 0.3) is 0 Å². The molecular formula is C13H19N3O3. The number of hydrogen-bond acceptors (Lipinski definition) is 3. The van der Waals surface area contributed by atoms with Crippen LogP contribution in [0.15, 0.2) is 18.5 Å². The van der Waals surface area contributed by atoms with Crippen molar-refractivity contribution in [3.8, 4) is 0 Å². The Hall–Kier alpha value is -2.11. The zero-order valence-electron chi connectivity index (χ0n) is 11.3. The highest BCUT2D eigenvalue weighted by molar-refractivity contribution is 5.82. The molecule has 0 bridgehead atoms. The predicted molar refractivity (Wildman–Crippen MR) is 70.6 cm³/mol. The molecule has 19 heavy (non-hydrogen) atoms. The van der Waals surface area contributed by atoms with Gasteiger partial charge in [0.15, 0.2) is 0 Å². The van der Waals surface area contributed by atoms with Gasteiger partial charge in [0.25, 0.3) is 0 Å². The van der Waals surface area contributed by atoms with Gasteiger partial charge in [0.2, 0.25) is 0 Å². The number of carboxylic acid groups (broad SMARTS) is 1. The maximum Gasteiger partial charge on any atom is 0.326 e. The van der Waals surface area contributed by atoms with Crippen molar-refractivity contribution < 1.29 is 14.7 Å². The lowest BCUT2D eigenvalue weighted by Crippen LogP contribution is -2.48. The van der Waals surface area contributed by atoms with E-state index in [2.05, 4.69) is 15.6 Å². The molecule has 0 spiro atoms. The largest absolute Gasteiger partial charge is 0.480 e. The number of urea groups is 1. The lowest BCUT2D eigenvalue weighted by atomic mass is 10.1. The van der Waals surface area contributed by atoms with E-state index in [9.17, 15) is 9.59 Å². The molecule has 6 heteroatoms. The molecule has 1 heterocycles. The summed E-state index contributed by atoms with van der Waals surface area (Å²) >= 11 is 0. The lowest BCUT2D eigenvalue weighted by Gasteiger charge is -2.18. The highest BCUT2D eigenvalue weighted by Gasteiger charge is 2.23. The van der Waals surface area contributed by atoms with Crippen molar-refractivity contribution in [2.24, 2.45) is 5.92 Å². The van der Waals surface area contributed by atoms with E-state index in [1.54, 1.807) is 26.2 Å². The van der Waals surface area contributed by atoms with E-state index in [1.807, 2.05) is 13.0 Å². The van der Waals surface area contributed by atoms with Crippen molar-refractivity contribution in [1.29, 1.82) is 0 Å². The van der Waals surface area contributed by atoms with E-state index in [-0.39, 0.29) is 5.92 Å². The summed E-state index contributed by atoms with van der Waals surface area (Å²) in [6.07, 6.45) is 3.35. The Kier molecular flexibility index (Phi) is 5.29. The molecule has 0 saturated heterocycles. The van der Waals surface area contributed by atoms with Crippen LogP contribution < -0.4 is 10.6 Å². The molecule has 1 rings (SSSR count). The van der Waals surface area contributed by atoms with Gasteiger partial charge in [-0.1, -0.05) is 13.8 Å². The first kappa shape index (κ1) is 14.9. The Labute approximate surface area is 112 Å². The van der Waals surface area contributed by atoms with Gasteiger partial charge >= 0.3 is 12.0 Å². The fraction of sp³-hybridized carbons (Fsp3) is 0.462. The van der Waals surface area contributed by atoms with E-state index < -0.39 is 18.0 Å². The molecule has 0 radical (unpaired) electrons. The molecule has 0 fully saturated rings. The SMILES string of the molecule is Cc1ccncc1CNC(=O)N[C@H](C(=O)O)C(C)C. The number of nitrogens with zero attached hydrogens (tertiary/aromatic N) is 1. The Bertz CT molecular complexity index is 460. The summed E-state index contributed by atoms with van der Waals surface area (Å²) in [6, 6.07) is 0.461. The van der Waals surface area contributed by atoms with Crippen molar-refractivity contribution >= 4 is 12.0 Å². The third-order valence-electron chi connectivity index (χ3n) is 2.81. The van der Waals surface area contributed by atoms with Crippen molar-refractivity contribution in [1.82, 2.24) is 15.6 Å². The quantitative estimate of drug-likeness (QED) is 0.748. The first-order valence-corrected chi connectivity index (χ1v) is 6.08. The summed E-state index contributed by atoms with van der Waals surface area (Å²) in [5, 5.41) is 14.0. The molecule has 1 aromatic rings. The summed E-state index contributed by atoms with van der Waals surface area (Å²) in [4.78, 5) is 26.6. The van der Waals surface area contributed by atoms with Crippen LogP contribution >= 0.6 is 0 Å². The number of carboxylic acids is 1. The molecule has 6 nitrogen and oxygen atoms in total. The molecular weight excluding hydrogens is 246 g/mol. The fourth-order valence-electron chi connectivity index (χ4n) is 1.56. The van der Waals surface area contributed by atoms with Crippen LogP contribution in [0, 0.1) is 12.8 Å². The van der Waals surface area contributed by atoms with Crippen LogP contribution in [0.4, 0.5) is 4.79 Å². The number of carbonyl (C=O) groups excluding carboxylic acids is 1. The van der Waals surface area contributed by atoms with E-state index in [0.717, 1.165) is 11.1 Å². The van der Waals surface area contributed by atoms with E-state index in [4.69, 9.17) is 5.11 Å². The molecule has 3 N–H and O–H groups in total. The second kappa shape index (κ2) is 6.72. The van der Waals surface area contributed by atoms with Crippen molar-refractivity contribution in [3.05, 3.63) is 29.6 Å². The second-order valence-corrected chi connectivity index (χ2v) is 4.69. The van der Waals surface area contributed by atoms with Gasteiger partial charge in [0, 0.05) is 18.9 Å². The van der Waals surface area contributed by atoms with Gasteiger partial charge in [0.1, 0.15) is 6.04 Å². The smallest absolute Gasteiger partial charge is 0.326 e. The third kappa shape index (κ3) is 4.57. The van der Waals surface area contributed by atoms with Crippen molar-refractivity contribution in [2.45, 2.75) is 33.4 Å². The van der Waals surface area contributed by atoms with Crippen LogP contribution in [0.3, 0.4) is 0 Å². The van der Waals surface area contributed by atoms with Gasteiger partial charge in [-0.15, -0.1) is 0 Å². The summed E-state index contributed by atoms with van der Waals surface area (Å²) < 4.78 is 0. The number of aryl methyl sites for hydroxylation is 1. The predicted octanol–water partition coefficient (Wildman–Crippen LogP) is 1.30. The minimum absolute atomic E-state index is 0.177. The van der Waals surface area contributed by atoms with Crippen molar-refractivity contribution in [3.63, 3.8) is 0 Å². The maximum atomic E-state index is 11.6. The molecule has 0 aliphatic heterocycles. The number of rotatable bonds is 5. The summed E-state index contributed by atoms with van der Waals surface area (Å²) in [5.74, 6) is -1.22. The number of amides is 2. The Morgan fingerprint density at radius 2 is 2.11 bits per heavy atom. The highest BCUT2D eigenvalue weighted by atomic mass is 16.4. The number of aromatic nitrogens is 1. The van der Waals surface area contributed by atoms with Crippen LogP contribution in [-0.4, -0.2) is 28.1 Å². The normalized spacial score (nSPS) is 12.0. The van der Waals surface area contributed by atoms with Crippen molar-refractivity contribution in [2.75, 3.05) is 0 Å². The lowest BCUT2D eigenvalue weighted by molar-refractivity contribution is -0.140. The number of hydrogen-bond donors (Lipinski definition) is 3. The molecule has 0 aromatic carbocycles.